The maximum atomic E-state index is 12.5. The molecule has 0 heterocycles. The van der Waals surface area contributed by atoms with E-state index in [1.54, 1.807) is 13.0 Å². The molecule has 1 nitrogen and oxygen atoms in total. The van der Waals surface area contributed by atoms with Crippen molar-refractivity contribution in [3.8, 4) is 0 Å². The predicted molar refractivity (Wildman–Crippen MR) is 60.6 cm³/mol. The number of hydrogen-bond donors (Lipinski definition) is 1. The maximum Gasteiger partial charge on any atom is 0.416 e. The molecule has 1 N–H and O–H groups in total. The molecule has 0 amide bonds. The highest BCUT2D eigenvalue weighted by molar-refractivity contribution is 5.26. The highest BCUT2D eigenvalue weighted by Gasteiger charge is 2.31. The van der Waals surface area contributed by atoms with Gasteiger partial charge in [0.25, 0.3) is 0 Å². The Morgan fingerprint density at radius 2 is 1.82 bits per heavy atom. The van der Waals surface area contributed by atoms with Crippen LogP contribution in [-0.2, 0) is 12.6 Å². The third kappa shape index (κ3) is 3.73. The largest absolute Gasteiger partial charge is 0.416 e. The van der Waals surface area contributed by atoms with Crippen LogP contribution in [0.2, 0.25) is 0 Å². The first-order valence-electron chi connectivity index (χ1n) is 5.51. The average Bonchev–Trinajstić information content (AvgIpc) is 2.15. The Balaban J connectivity index is 2.94. The van der Waals surface area contributed by atoms with E-state index in [0.29, 0.717) is 5.56 Å². The second kappa shape index (κ2) is 4.69. The molecular weight excluding hydrogens is 229 g/mol. The minimum atomic E-state index is -4.33. The van der Waals surface area contributed by atoms with Crippen LogP contribution in [0.25, 0.3) is 0 Å². The fourth-order valence-corrected chi connectivity index (χ4v) is 1.48. The Kier molecular flexibility index (Phi) is 3.87. The van der Waals surface area contributed by atoms with Crippen LogP contribution in [0.15, 0.2) is 24.3 Å². The number of benzene rings is 1. The van der Waals surface area contributed by atoms with Gasteiger partial charge in [-0.25, -0.2) is 0 Å². The van der Waals surface area contributed by atoms with Crippen molar-refractivity contribution in [1.82, 2.24) is 0 Å². The minimum absolute atomic E-state index is 0.0166. The van der Waals surface area contributed by atoms with Crippen LogP contribution in [-0.4, -0.2) is 10.7 Å². The van der Waals surface area contributed by atoms with Crippen LogP contribution in [0.4, 0.5) is 13.2 Å². The van der Waals surface area contributed by atoms with Gasteiger partial charge in [-0.2, -0.15) is 13.2 Å². The third-order valence-corrected chi connectivity index (χ3v) is 3.06. The van der Waals surface area contributed by atoms with E-state index in [2.05, 4.69) is 0 Å². The molecule has 1 aromatic carbocycles. The van der Waals surface area contributed by atoms with Crippen LogP contribution in [0, 0.1) is 5.92 Å². The molecule has 1 atom stereocenters. The molecule has 0 bridgehead atoms. The molecule has 1 aromatic rings. The van der Waals surface area contributed by atoms with Crippen molar-refractivity contribution in [1.29, 1.82) is 0 Å². The van der Waals surface area contributed by atoms with Crippen LogP contribution in [0.5, 0.6) is 0 Å². The molecule has 0 radical (unpaired) electrons. The zero-order chi connectivity index (χ0) is 13.3. The highest BCUT2D eigenvalue weighted by Crippen LogP contribution is 2.31. The van der Waals surface area contributed by atoms with Crippen LogP contribution in [0.3, 0.4) is 0 Å². The van der Waals surface area contributed by atoms with Gasteiger partial charge in [-0.15, -0.1) is 0 Å². The summed E-state index contributed by atoms with van der Waals surface area (Å²) in [5.74, 6) is -0.0166. The first-order valence-corrected chi connectivity index (χ1v) is 5.51. The van der Waals surface area contributed by atoms with Gasteiger partial charge in [0.1, 0.15) is 0 Å². The summed E-state index contributed by atoms with van der Waals surface area (Å²) in [5, 5.41) is 10.1. The quantitative estimate of drug-likeness (QED) is 0.863. The van der Waals surface area contributed by atoms with Crippen molar-refractivity contribution in [2.75, 3.05) is 0 Å². The highest BCUT2D eigenvalue weighted by atomic mass is 19.4. The van der Waals surface area contributed by atoms with Crippen LogP contribution < -0.4 is 0 Å². The summed E-state index contributed by atoms with van der Waals surface area (Å²) in [6.07, 6.45) is -4.12. The Morgan fingerprint density at radius 1 is 1.24 bits per heavy atom. The van der Waals surface area contributed by atoms with Gasteiger partial charge in [-0.05, 0) is 24.5 Å². The summed E-state index contributed by atoms with van der Waals surface area (Å²) in [6, 6.07) is 5.10. The number of aliphatic hydroxyl groups is 1. The van der Waals surface area contributed by atoms with E-state index in [1.165, 1.54) is 6.07 Å². The monoisotopic (exact) mass is 246 g/mol. The van der Waals surface area contributed by atoms with Crippen molar-refractivity contribution in [2.24, 2.45) is 5.92 Å². The predicted octanol–water partition coefficient (Wildman–Crippen LogP) is 3.65. The van der Waals surface area contributed by atoms with Crippen molar-refractivity contribution in [3.63, 3.8) is 0 Å². The summed E-state index contributed by atoms with van der Waals surface area (Å²) >= 11 is 0. The molecule has 1 rings (SSSR count). The molecule has 1 unspecified atom stereocenters. The SMILES string of the molecule is CC(C)C(C)(O)Cc1cccc(C(F)(F)F)c1. The summed E-state index contributed by atoms with van der Waals surface area (Å²) in [7, 11) is 0. The second-order valence-corrected chi connectivity index (χ2v) is 4.89. The Hall–Kier alpha value is -1.03. The molecule has 4 heteroatoms. The van der Waals surface area contributed by atoms with Crippen LogP contribution >= 0.6 is 0 Å². The summed E-state index contributed by atoms with van der Waals surface area (Å²) in [6.45, 7) is 5.32. The van der Waals surface area contributed by atoms with E-state index < -0.39 is 17.3 Å². The fourth-order valence-electron chi connectivity index (χ4n) is 1.48. The molecule has 0 saturated carbocycles. The van der Waals surface area contributed by atoms with E-state index in [-0.39, 0.29) is 12.3 Å². The zero-order valence-corrected chi connectivity index (χ0v) is 10.2. The summed E-state index contributed by atoms with van der Waals surface area (Å²) in [4.78, 5) is 0. The molecular formula is C13H17F3O. The second-order valence-electron chi connectivity index (χ2n) is 4.89. The zero-order valence-electron chi connectivity index (χ0n) is 10.2. The molecule has 0 aliphatic heterocycles. The van der Waals surface area contributed by atoms with Crippen molar-refractivity contribution >= 4 is 0 Å². The van der Waals surface area contributed by atoms with Crippen molar-refractivity contribution in [2.45, 2.75) is 39.0 Å². The van der Waals surface area contributed by atoms with E-state index in [1.807, 2.05) is 13.8 Å². The Bertz CT molecular complexity index is 380. The van der Waals surface area contributed by atoms with E-state index in [4.69, 9.17) is 0 Å². The first-order chi connectivity index (χ1) is 7.63. The molecule has 0 aliphatic carbocycles. The lowest BCUT2D eigenvalue weighted by molar-refractivity contribution is -0.137. The summed E-state index contributed by atoms with van der Waals surface area (Å²) < 4.78 is 37.5. The topological polar surface area (TPSA) is 20.2 Å². The normalized spacial score (nSPS) is 16.0. The number of rotatable bonds is 3. The summed E-state index contributed by atoms with van der Waals surface area (Å²) in [5.41, 5.74) is -1.17. The minimum Gasteiger partial charge on any atom is -0.390 e. The Labute approximate surface area is 99.3 Å². The van der Waals surface area contributed by atoms with Gasteiger partial charge >= 0.3 is 6.18 Å². The lowest BCUT2D eigenvalue weighted by Crippen LogP contribution is -2.33. The van der Waals surface area contributed by atoms with Crippen LogP contribution in [0.1, 0.15) is 31.9 Å². The van der Waals surface area contributed by atoms with Gasteiger partial charge in [0.05, 0.1) is 11.2 Å². The molecule has 0 fully saturated rings. The number of halogens is 3. The lowest BCUT2D eigenvalue weighted by Gasteiger charge is -2.28. The molecule has 96 valence electrons. The van der Waals surface area contributed by atoms with Crippen molar-refractivity contribution in [3.05, 3.63) is 35.4 Å². The molecule has 0 aromatic heterocycles. The smallest absolute Gasteiger partial charge is 0.390 e. The molecule has 17 heavy (non-hydrogen) atoms. The fraction of sp³-hybridized carbons (Fsp3) is 0.538. The average molecular weight is 246 g/mol. The molecule has 0 spiro atoms. The van der Waals surface area contributed by atoms with E-state index in [0.717, 1.165) is 12.1 Å². The van der Waals surface area contributed by atoms with Gasteiger partial charge in [0.15, 0.2) is 0 Å². The number of hydrogen-bond acceptors (Lipinski definition) is 1. The van der Waals surface area contributed by atoms with Crippen molar-refractivity contribution < 1.29 is 18.3 Å². The van der Waals surface area contributed by atoms with Gasteiger partial charge in [0, 0.05) is 6.42 Å². The van der Waals surface area contributed by atoms with Gasteiger partial charge < -0.3 is 5.11 Å². The first kappa shape index (κ1) is 14.0. The van der Waals surface area contributed by atoms with Gasteiger partial charge in [0.2, 0.25) is 0 Å². The van der Waals surface area contributed by atoms with E-state index in [9.17, 15) is 18.3 Å². The lowest BCUT2D eigenvalue weighted by atomic mass is 9.86. The maximum absolute atomic E-state index is 12.5. The van der Waals surface area contributed by atoms with Gasteiger partial charge in [-0.3, -0.25) is 0 Å². The number of alkyl halides is 3. The standard InChI is InChI=1S/C13H17F3O/c1-9(2)12(3,17)8-10-5-4-6-11(7-10)13(14,15)16/h4-7,9,17H,8H2,1-3H3. The molecule has 0 aliphatic rings. The van der Waals surface area contributed by atoms with Gasteiger partial charge in [-0.1, -0.05) is 32.0 Å². The third-order valence-electron chi connectivity index (χ3n) is 3.06. The molecule has 0 saturated heterocycles. The van der Waals surface area contributed by atoms with E-state index >= 15 is 0 Å². The Morgan fingerprint density at radius 3 is 2.29 bits per heavy atom.